The van der Waals surface area contributed by atoms with Crippen LogP contribution in [0.25, 0.3) is 11.3 Å². The minimum atomic E-state index is -4.58. The zero-order chi connectivity index (χ0) is 13.2. The molecule has 2 heterocycles. The maximum absolute atomic E-state index is 12.6. The lowest BCUT2D eigenvalue weighted by molar-refractivity contribution is -0.144. The summed E-state index contributed by atoms with van der Waals surface area (Å²) in [6.45, 7) is 0. The molecule has 18 heavy (non-hydrogen) atoms. The summed E-state index contributed by atoms with van der Waals surface area (Å²) in [5.74, 6) is -1.07. The number of nitrogens with one attached hydrogen (secondary N) is 1. The van der Waals surface area contributed by atoms with Crippen LogP contribution < -0.4 is 5.32 Å². The second-order valence-corrected chi connectivity index (χ2v) is 3.45. The Bertz CT molecular complexity index is 540. The van der Waals surface area contributed by atoms with Gasteiger partial charge in [-0.1, -0.05) is 0 Å². The third kappa shape index (κ3) is 2.55. The highest BCUT2D eigenvalue weighted by molar-refractivity contribution is 5.61. The summed E-state index contributed by atoms with van der Waals surface area (Å²) in [6, 6.07) is 4.70. The van der Waals surface area contributed by atoms with Gasteiger partial charge in [-0.25, -0.2) is 9.97 Å². The van der Waals surface area contributed by atoms with E-state index in [4.69, 9.17) is 0 Å². The smallest absolute Gasteiger partial charge is 0.373 e. The second kappa shape index (κ2) is 4.59. The topological polar surface area (TPSA) is 50.7 Å². The molecule has 0 spiro atoms. The number of rotatable bonds is 2. The van der Waals surface area contributed by atoms with E-state index in [0.29, 0.717) is 5.56 Å². The fourth-order valence-electron chi connectivity index (χ4n) is 1.36. The molecular weight excluding hydrogens is 245 g/mol. The summed E-state index contributed by atoms with van der Waals surface area (Å²) in [5, 5.41) is 2.58. The number of hydrogen-bond donors (Lipinski definition) is 1. The lowest BCUT2D eigenvalue weighted by Gasteiger charge is -2.09. The Labute approximate surface area is 101 Å². The van der Waals surface area contributed by atoms with Crippen LogP contribution in [0, 0.1) is 0 Å². The highest BCUT2D eigenvalue weighted by Crippen LogP contribution is 2.29. The van der Waals surface area contributed by atoms with Crippen LogP contribution in [0.15, 0.2) is 30.6 Å². The predicted octanol–water partition coefficient (Wildman–Crippen LogP) is 2.60. The highest BCUT2D eigenvalue weighted by Gasteiger charge is 2.35. The highest BCUT2D eigenvalue weighted by atomic mass is 19.4. The molecule has 0 aromatic carbocycles. The van der Waals surface area contributed by atoms with Crippen molar-refractivity contribution in [2.24, 2.45) is 0 Å². The van der Waals surface area contributed by atoms with E-state index in [-0.39, 0.29) is 11.5 Å². The van der Waals surface area contributed by atoms with Gasteiger partial charge in [0.2, 0.25) is 5.82 Å². The van der Waals surface area contributed by atoms with Crippen LogP contribution in [0.1, 0.15) is 5.82 Å². The first kappa shape index (κ1) is 12.3. The lowest BCUT2D eigenvalue weighted by Crippen LogP contribution is -2.13. The van der Waals surface area contributed by atoms with E-state index in [2.05, 4.69) is 20.3 Å². The molecule has 0 aliphatic rings. The molecule has 1 N–H and O–H groups in total. The third-order valence-electron chi connectivity index (χ3n) is 2.19. The third-order valence-corrected chi connectivity index (χ3v) is 2.19. The Morgan fingerprint density at radius 1 is 1.22 bits per heavy atom. The molecule has 0 atom stereocenters. The van der Waals surface area contributed by atoms with Gasteiger partial charge in [0.25, 0.3) is 0 Å². The van der Waals surface area contributed by atoms with Gasteiger partial charge < -0.3 is 5.32 Å². The van der Waals surface area contributed by atoms with Crippen LogP contribution >= 0.6 is 0 Å². The summed E-state index contributed by atoms with van der Waals surface area (Å²) in [7, 11) is 1.50. The van der Waals surface area contributed by atoms with Crippen LogP contribution in [-0.4, -0.2) is 22.0 Å². The van der Waals surface area contributed by atoms with E-state index in [9.17, 15) is 13.2 Å². The van der Waals surface area contributed by atoms with Gasteiger partial charge >= 0.3 is 6.18 Å². The molecule has 0 radical (unpaired) electrons. The molecule has 0 unspecified atom stereocenters. The van der Waals surface area contributed by atoms with Crippen LogP contribution in [-0.2, 0) is 6.18 Å². The van der Waals surface area contributed by atoms with Crippen molar-refractivity contribution in [2.75, 3.05) is 12.4 Å². The van der Waals surface area contributed by atoms with E-state index in [0.717, 1.165) is 0 Å². The summed E-state index contributed by atoms with van der Waals surface area (Å²) in [5.41, 5.74) is 0.677. The van der Waals surface area contributed by atoms with Gasteiger partial charge in [-0.2, -0.15) is 13.2 Å². The Hall–Kier alpha value is -2.18. The van der Waals surface area contributed by atoms with Crippen LogP contribution in [0.5, 0.6) is 0 Å². The number of alkyl halides is 3. The average molecular weight is 254 g/mol. The average Bonchev–Trinajstić information content (AvgIpc) is 2.38. The van der Waals surface area contributed by atoms with Crippen LogP contribution in [0.2, 0.25) is 0 Å². The molecule has 2 aromatic heterocycles. The van der Waals surface area contributed by atoms with Gasteiger partial charge in [-0.05, 0) is 12.1 Å². The molecule has 0 amide bonds. The van der Waals surface area contributed by atoms with Crippen molar-refractivity contribution in [1.29, 1.82) is 0 Å². The molecule has 0 saturated heterocycles. The number of nitrogens with zero attached hydrogens (tertiary/aromatic N) is 3. The van der Waals surface area contributed by atoms with E-state index >= 15 is 0 Å². The normalized spacial score (nSPS) is 11.3. The van der Waals surface area contributed by atoms with Crippen molar-refractivity contribution < 1.29 is 13.2 Å². The molecule has 7 heteroatoms. The molecule has 94 valence electrons. The van der Waals surface area contributed by atoms with E-state index in [1.165, 1.54) is 25.5 Å². The molecule has 0 aliphatic heterocycles. The number of hydrogen-bond acceptors (Lipinski definition) is 4. The van der Waals surface area contributed by atoms with Gasteiger partial charge in [0.15, 0.2) is 0 Å². The Morgan fingerprint density at radius 2 is 2.00 bits per heavy atom. The molecule has 0 fully saturated rings. The summed E-state index contributed by atoms with van der Waals surface area (Å²) >= 11 is 0. The monoisotopic (exact) mass is 254 g/mol. The summed E-state index contributed by atoms with van der Waals surface area (Å²) < 4.78 is 37.9. The minimum absolute atomic E-state index is 0.108. The number of pyridine rings is 1. The van der Waals surface area contributed by atoms with Crippen molar-refractivity contribution in [2.45, 2.75) is 6.18 Å². The molecule has 0 saturated carbocycles. The Morgan fingerprint density at radius 3 is 2.56 bits per heavy atom. The second-order valence-electron chi connectivity index (χ2n) is 3.45. The quantitative estimate of drug-likeness (QED) is 0.895. The van der Waals surface area contributed by atoms with Gasteiger partial charge in [0, 0.05) is 31.1 Å². The SMILES string of the molecule is CNc1cc(-c2cccnc2)nc(C(F)(F)F)n1. The lowest BCUT2D eigenvalue weighted by atomic mass is 10.2. The van der Waals surface area contributed by atoms with Crippen LogP contribution in [0.3, 0.4) is 0 Å². The van der Waals surface area contributed by atoms with Gasteiger partial charge in [0.1, 0.15) is 5.82 Å². The fourth-order valence-corrected chi connectivity index (χ4v) is 1.36. The Balaban J connectivity index is 2.55. The molecule has 0 aliphatic carbocycles. The zero-order valence-electron chi connectivity index (χ0n) is 9.36. The molecule has 0 bridgehead atoms. The molecule has 2 aromatic rings. The van der Waals surface area contributed by atoms with Crippen LogP contribution in [0.4, 0.5) is 19.0 Å². The van der Waals surface area contributed by atoms with Crippen molar-refractivity contribution in [1.82, 2.24) is 15.0 Å². The van der Waals surface area contributed by atoms with Gasteiger partial charge in [-0.15, -0.1) is 0 Å². The number of halogens is 3. The van der Waals surface area contributed by atoms with Gasteiger partial charge in [-0.3, -0.25) is 4.98 Å². The maximum Gasteiger partial charge on any atom is 0.451 e. The standard InChI is InChI=1S/C11H9F3N4/c1-15-9-5-8(7-3-2-4-16-6-7)17-10(18-9)11(12,13)14/h2-6H,1H3,(H,15,17,18). The maximum atomic E-state index is 12.6. The molecule has 4 nitrogen and oxygen atoms in total. The molecule has 2 rings (SSSR count). The van der Waals surface area contributed by atoms with Crippen molar-refractivity contribution in [3.05, 3.63) is 36.4 Å². The first-order valence-corrected chi connectivity index (χ1v) is 5.05. The van der Waals surface area contributed by atoms with Crippen molar-refractivity contribution >= 4 is 5.82 Å². The fraction of sp³-hybridized carbons (Fsp3) is 0.182. The van der Waals surface area contributed by atoms with Crippen molar-refractivity contribution in [3.63, 3.8) is 0 Å². The summed E-state index contributed by atoms with van der Waals surface area (Å²) in [6.07, 6.45) is -1.60. The van der Waals surface area contributed by atoms with Gasteiger partial charge in [0.05, 0.1) is 5.69 Å². The van der Waals surface area contributed by atoms with Crippen molar-refractivity contribution in [3.8, 4) is 11.3 Å². The number of aromatic nitrogens is 3. The van der Waals surface area contributed by atoms with E-state index in [1.54, 1.807) is 12.1 Å². The summed E-state index contributed by atoms with van der Waals surface area (Å²) in [4.78, 5) is 10.7. The molecular formula is C11H9F3N4. The largest absolute Gasteiger partial charge is 0.451 e. The first-order valence-electron chi connectivity index (χ1n) is 5.05. The van der Waals surface area contributed by atoms with E-state index in [1.807, 2.05) is 0 Å². The predicted molar refractivity (Wildman–Crippen MR) is 59.8 cm³/mol. The first-order chi connectivity index (χ1) is 8.50. The Kier molecular flexibility index (Phi) is 3.14. The minimum Gasteiger partial charge on any atom is -0.373 e. The number of anilines is 1. The van der Waals surface area contributed by atoms with E-state index < -0.39 is 12.0 Å². The zero-order valence-corrected chi connectivity index (χ0v) is 9.36.